The fraction of sp³-hybridized carbons (Fsp3) is 0.417. The van der Waals surface area contributed by atoms with Crippen LogP contribution in [0.2, 0.25) is 0 Å². The summed E-state index contributed by atoms with van der Waals surface area (Å²) in [5.74, 6) is -0.774. The van der Waals surface area contributed by atoms with Gasteiger partial charge < -0.3 is 34.7 Å². The molecule has 0 saturated carbocycles. The van der Waals surface area contributed by atoms with Crippen LogP contribution in [-0.2, 0) is 11.3 Å². The van der Waals surface area contributed by atoms with Crippen molar-refractivity contribution in [3.8, 4) is 5.75 Å². The molecule has 0 radical (unpaired) electrons. The first-order valence-corrected chi connectivity index (χ1v) is 10.8. The summed E-state index contributed by atoms with van der Waals surface area (Å²) in [5, 5.41) is 24.5. The van der Waals surface area contributed by atoms with Crippen LogP contribution >= 0.6 is 0 Å². The van der Waals surface area contributed by atoms with E-state index < -0.39 is 12.1 Å². The van der Waals surface area contributed by atoms with E-state index in [4.69, 9.17) is 9.47 Å². The number of ether oxygens (including phenoxy) is 2. The molecule has 3 rings (SSSR count). The highest BCUT2D eigenvalue weighted by Crippen LogP contribution is 2.13. The zero-order valence-electron chi connectivity index (χ0n) is 18.2. The number of hydrogen-bond acceptors (Lipinski definition) is 6. The van der Waals surface area contributed by atoms with Crippen molar-refractivity contribution in [2.45, 2.75) is 31.5 Å². The molecule has 1 saturated heterocycles. The summed E-state index contributed by atoms with van der Waals surface area (Å²) >= 11 is 0. The first-order chi connectivity index (χ1) is 15.5. The molecule has 1 heterocycles. The smallest absolute Gasteiger partial charge is 0.251 e. The van der Waals surface area contributed by atoms with Gasteiger partial charge in [0.1, 0.15) is 31.5 Å². The van der Waals surface area contributed by atoms with Gasteiger partial charge in [0.05, 0.1) is 25.2 Å². The van der Waals surface area contributed by atoms with Gasteiger partial charge in [-0.3, -0.25) is 4.79 Å². The lowest BCUT2D eigenvalue weighted by atomic mass is 10.1. The van der Waals surface area contributed by atoms with E-state index in [1.54, 1.807) is 55.6 Å². The van der Waals surface area contributed by atoms with Crippen molar-refractivity contribution in [1.29, 1.82) is 0 Å². The third kappa shape index (κ3) is 6.78. The van der Waals surface area contributed by atoms with Crippen molar-refractivity contribution in [3.05, 3.63) is 65.2 Å². The molecule has 1 amide bonds. The topological polar surface area (TPSA) is 112 Å². The lowest BCUT2D eigenvalue weighted by molar-refractivity contribution is -0.914. The van der Waals surface area contributed by atoms with Gasteiger partial charge in [-0.1, -0.05) is 24.3 Å². The van der Waals surface area contributed by atoms with Gasteiger partial charge in [-0.2, -0.15) is 0 Å². The molecular weight excluding hydrogens is 412 g/mol. The van der Waals surface area contributed by atoms with Crippen LogP contribution in [-0.4, -0.2) is 62.5 Å². The average molecular weight is 443 g/mol. The first-order valence-electron chi connectivity index (χ1n) is 10.8. The molecular formula is C24H30N2O6. The predicted molar refractivity (Wildman–Crippen MR) is 115 cm³/mol. The number of rotatable bonds is 9. The number of carboxylic acids is 1. The van der Waals surface area contributed by atoms with Gasteiger partial charge >= 0.3 is 0 Å². The fourth-order valence-electron chi connectivity index (χ4n) is 3.86. The molecule has 1 aliphatic heterocycles. The number of aromatic carboxylic acids is 1. The predicted octanol–water partition coefficient (Wildman–Crippen LogP) is -0.586. The zero-order chi connectivity index (χ0) is 22.9. The van der Waals surface area contributed by atoms with E-state index in [9.17, 15) is 19.8 Å². The zero-order valence-corrected chi connectivity index (χ0v) is 18.2. The number of carbonyl (C=O) groups is 2. The van der Waals surface area contributed by atoms with Gasteiger partial charge in [0.15, 0.2) is 0 Å². The van der Waals surface area contributed by atoms with Crippen LogP contribution in [0.5, 0.6) is 5.75 Å². The summed E-state index contributed by atoms with van der Waals surface area (Å²) in [6.45, 7) is 3.04. The lowest BCUT2D eigenvalue weighted by Gasteiger charge is -2.25. The molecule has 1 unspecified atom stereocenters. The minimum absolute atomic E-state index is 0.148. The number of aliphatic hydroxyl groups excluding tert-OH is 1. The molecule has 1 fully saturated rings. The molecule has 0 bridgehead atoms. The summed E-state index contributed by atoms with van der Waals surface area (Å²) in [6.07, 6.45) is 0.839. The normalized spacial score (nSPS) is 20.9. The van der Waals surface area contributed by atoms with Crippen LogP contribution in [0.1, 0.15) is 39.1 Å². The molecule has 0 aromatic heterocycles. The Bertz CT molecular complexity index is 884. The van der Waals surface area contributed by atoms with Crippen LogP contribution in [0, 0.1) is 0 Å². The van der Waals surface area contributed by atoms with Gasteiger partial charge in [-0.25, -0.2) is 0 Å². The first kappa shape index (κ1) is 23.7. The molecule has 8 nitrogen and oxygen atoms in total. The van der Waals surface area contributed by atoms with Gasteiger partial charge in [0, 0.05) is 18.2 Å². The molecule has 2 aromatic rings. The monoisotopic (exact) mass is 442 g/mol. The molecule has 0 aliphatic carbocycles. The van der Waals surface area contributed by atoms with Crippen molar-refractivity contribution in [2.24, 2.45) is 0 Å². The summed E-state index contributed by atoms with van der Waals surface area (Å²) in [4.78, 5) is 24.9. The van der Waals surface area contributed by atoms with E-state index in [0.29, 0.717) is 44.0 Å². The van der Waals surface area contributed by atoms with E-state index in [-0.39, 0.29) is 17.5 Å². The Morgan fingerprint density at radius 3 is 2.44 bits per heavy atom. The minimum atomic E-state index is -1.20. The number of aliphatic hydroxyl groups is 1. The van der Waals surface area contributed by atoms with E-state index in [0.717, 1.165) is 18.5 Å². The van der Waals surface area contributed by atoms with Gasteiger partial charge in [-0.15, -0.1) is 0 Å². The number of benzene rings is 2. The van der Waals surface area contributed by atoms with E-state index in [2.05, 4.69) is 5.32 Å². The van der Waals surface area contributed by atoms with Crippen molar-refractivity contribution in [3.63, 3.8) is 0 Å². The van der Waals surface area contributed by atoms with Crippen molar-refractivity contribution < 1.29 is 34.2 Å². The maximum Gasteiger partial charge on any atom is 0.251 e. The number of methoxy groups -OCH3 is 1. The van der Waals surface area contributed by atoms with Crippen LogP contribution in [0.25, 0.3) is 0 Å². The second-order valence-electron chi connectivity index (χ2n) is 8.02. The summed E-state index contributed by atoms with van der Waals surface area (Å²) in [7, 11) is 1.61. The Labute approximate surface area is 187 Å². The Morgan fingerprint density at radius 1 is 1.09 bits per heavy atom. The largest absolute Gasteiger partial charge is 0.545 e. The Morgan fingerprint density at radius 2 is 1.78 bits per heavy atom. The Hall–Kier alpha value is -2.94. The number of likely N-dealkylation sites (tertiary alicyclic amines) is 1. The van der Waals surface area contributed by atoms with E-state index in [1.807, 2.05) is 0 Å². The number of carbonyl (C=O) groups excluding carboxylic acids is 2. The molecule has 0 spiro atoms. The van der Waals surface area contributed by atoms with E-state index in [1.165, 1.54) is 4.90 Å². The number of nitrogens with one attached hydrogen (secondary N) is 2. The minimum Gasteiger partial charge on any atom is -0.545 e. The van der Waals surface area contributed by atoms with Crippen molar-refractivity contribution in [2.75, 3.05) is 33.4 Å². The molecule has 1 aliphatic rings. The highest BCUT2D eigenvalue weighted by atomic mass is 16.5. The molecule has 3 atom stereocenters. The van der Waals surface area contributed by atoms with Crippen molar-refractivity contribution >= 4 is 11.9 Å². The number of amides is 1. The number of carboxylic acid groups (broad SMARTS) is 1. The molecule has 3 N–H and O–H groups in total. The van der Waals surface area contributed by atoms with Crippen LogP contribution in [0.15, 0.2) is 48.5 Å². The molecule has 2 aromatic carbocycles. The summed E-state index contributed by atoms with van der Waals surface area (Å²) in [5.41, 5.74) is 1.64. The summed E-state index contributed by atoms with van der Waals surface area (Å²) in [6, 6.07) is 13.1. The number of quaternary nitrogens is 1. The second-order valence-corrected chi connectivity index (χ2v) is 8.02. The average Bonchev–Trinajstić information content (AvgIpc) is 2.95. The van der Waals surface area contributed by atoms with Crippen LogP contribution in [0.4, 0.5) is 0 Å². The molecule has 8 heteroatoms. The third-order valence-corrected chi connectivity index (χ3v) is 5.64. The SMILES string of the molecule is COCCOc1ccc(C(=O)N[C@@H]2C[NH+](Cc3ccc(C(=O)[O-])cc3)CCC[C@H]2O)cc1. The lowest BCUT2D eigenvalue weighted by Crippen LogP contribution is -3.12. The van der Waals surface area contributed by atoms with Gasteiger partial charge in [-0.05, 0) is 42.7 Å². The van der Waals surface area contributed by atoms with E-state index >= 15 is 0 Å². The number of hydrogen-bond donors (Lipinski definition) is 3. The van der Waals surface area contributed by atoms with Crippen LogP contribution < -0.4 is 20.1 Å². The highest BCUT2D eigenvalue weighted by Gasteiger charge is 2.30. The molecule has 172 valence electrons. The summed E-state index contributed by atoms with van der Waals surface area (Å²) < 4.78 is 10.5. The standard InChI is InChI=1S/C24H30N2O6/c1-31-13-14-32-20-10-8-18(9-11-20)23(28)25-21-16-26(12-2-3-22(21)27)15-17-4-6-19(7-5-17)24(29)30/h4-11,21-22,27H,2-3,12-16H2,1H3,(H,25,28)(H,29,30)/t21-,22-/m1/s1. The van der Waals surface area contributed by atoms with Gasteiger partial charge in [0.2, 0.25) is 0 Å². The van der Waals surface area contributed by atoms with Gasteiger partial charge in [0.25, 0.3) is 5.91 Å². The molecule has 32 heavy (non-hydrogen) atoms. The van der Waals surface area contributed by atoms with Crippen LogP contribution in [0.3, 0.4) is 0 Å². The quantitative estimate of drug-likeness (QED) is 0.448. The Kier molecular flexibility index (Phi) is 8.61. The second kappa shape index (κ2) is 11.6. The van der Waals surface area contributed by atoms with Crippen molar-refractivity contribution in [1.82, 2.24) is 5.32 Å². The highest BCUT2D eigenvalue weighted by molar-refractivity contribution is 5.94. The maximum absolute atomic E-state index is 12.8. The fourth-order valence-corrected chi connectivity index (χ4v) is 3.86. The maximum atomic E-state index is 12.8. The third-order valence-electron chi connectivity index (χ3n) is 5.64. The Balaban J connectivity index is 1.59.